The van der Waals surface area contributed by atoms with Crippen molar-refractivity contribution >= 4 is 11.9 Å². The third-order valence-electron chi connectivity index (χ3n) is 4.40. The highest BCUT2D eigenvalue weighted by molar-refractivity contribution is 5.94. The van der Waals surface area contributed by atoms with E-state index >= 15 is 0 Å². The average molecular weight is 319 g/mol. The number of carboxylic acids is 1. The van der Waals surface area contributed by atoms with Crippen LogP contribution >= 0.6 is 0 Å². The van der Waals surface area contributed by atoms with E-state index in [-0.39, 0.29) is 24.0 Å². The van der Waals surface area contributed by atoms with Gasteiger partial charge in [0, 0.05) is 18.2 Å². The highest BCUT2D eigenvalue weighted by atomic mass is 16.5. The number of aliphatic carboxylic acids is 1. The minimum absolute atomic E-state index is 0.0426. The molecule has 1 amide bonds. The van der Waals surface area contributed by atoms with E-state index in [1.165, 1.54) is 0 Å². The fourth-order valence-electron chi connectivity index (χ4n) is 2.87. The fourth-order valence-corrected chi connectivity index (χ4v) is 2.87. The molecule has 1 heterocycles. The van der Waals surface area contributed by atoms with E-state index in [9.17, 15) is 9.59 Å². The molecule has 23 heavy (non-hydrogen) atoms. The molecular weight excluding hydrogens is 298 g/mol. The number of benzene rings is 1. The molecule has 0 bridgehead atoms. The van der Waals surface area contributed by atoms with Crippen LogP contribution < -0.4 is 10.1 Å². The number of carbonyl (C=O) groups is 2. The van der Waals surface area contributed by atoms with Gasteiger partial charge in [0.15, 0.2) is 0 Å². The summed E-state index contributed by atoms with van der Waals surface area (Å²) >= 11 is 0. The van der Waals surface area contributed by atoms with E-state index < -0.39 is 5.97 Å². The quantitative estimate of drug-likeness (QED) is 0.836. The topological polar surface area (TPSA) is 84.9 Å². The fraction of sp³-hybridized carbons (Fsp3) is 0.529. The maximum absolute atomic E-state index is 12.1. The van der Waals surface area contributed by atoms with Crippen LogP contribution in [0.5, 0.6) is 5.75 Å². The van der Waals surface area contributed by atoms with Crippen molar-refractivity contribution in [3.63, 3.8) is 0 Å². The number of hydrogen-bond acceptors (Lipinski definition) is 4. The van der Waals surface area contributed by atoms with Crippen LogP contribution in [0.3, 0.4) is 0 Å². The molecule has 0 spiro atoms. The summed E-state index contributed by atoms with van der Waals surface area (Å²) in [7, 11) is 0. The molecule has 0 aromatic heterocycles. The normalized spacial score (nSPS) is 26.3. The predicted octanol–water partition coefficient (Wildman–Crippen LogP) is 1.84. The maximum Gasteiger partial charge on any atom is 0.306 e. The number of carbonyl (C=O) groups excluding carboxylic acids is 1. The van der Waals surface area contributed by atoms with E-state index in [1.807, 2.05) is 0 Å². The molecule has 2 fully saturated rings. The van der Waals surface area contributed by atoms with Gasteiger partial charge in [-0.1, -0.05) is 0 Å². The predicted molar refractivity (Wildman–Crippen MR) is 82.5 cm³/mol. The van der Waals surface area contributed by atoms with Crippen molar-refractivity contribution in [1.82, 2.24) is 5.32 Å². The molecule has 6 heteroatoms. The van der Waals surface area contributed by atoms with E-state index in [0.717, 1.165) is 19.4 Å². The first kappa shape index (κ1) is 15.8. The zero-order valence-electron chi connectivity index (χ0n) is 12.9. The Morgan fingerprint density at radius 2 is 2.00 bits per heavy atom. The van der Waals surface area contributed by atoms with Crippen LogP contribution in [-0.2, 0) is 9.53 Å². The van der Waals surface area contributed by atoms with Gasteiger partial charge in [-0.05, 0) is 49.9 Å². The van der Waals surface area contributed by atoms with Crippen LogP contribution in [0.4, 0.5) is 0 Å². The van der Waals surface area contributed by atoms with Gasteiger partial charge in [-0.2, -0.15) is 0 Å². The zero-order valence-corrected chi connectivity index (χ0v) is 12.9. The van der Waals surface area contributed by atoms with Crippen molar-refractivity contribution in [1.29, 1.82) is 0 Å². The molecule has 1 aromatic rings. The molecule has 1 unspecified atom stereocenters. The molecule has 1 aliphatic heterocycles. The van der Waals surface area contributed by atoms with Crippen molar-refractivity contribution in [3.8, 4) is 5.75 Å². The van der Waals surface area contributed by atoms with Gasteiger partial charge in [0.1, 0.15) is 12.4 Å². The third kappa shape index (κ3) is 4.01. The van der Waals surface area contributed by atoms with E-state index in [0.29, 0.717) is 30.8 Å². The molecule has 124 valence electrons. The first-order chi connectivity index (χ1) is 11.1. The van der Waals surface area contributed by atoms with Crippen molar-refractivity contribution in [2.24, 2.45) is 5.92 Å². The third-order valence-corrected chi connectivity index (χ3v) is 4.40. The lowest BCUT2D eigenvalue weighted by Crippen LogP contribution is -2.46. The summed E-state index contributed by atoms with van der Waals surface area (Å²) in [5.74, 6) is -0.576. The van der Waals surface area contributed by atoms with Crippen LogP contribution in [0.25, 0.3) is 0 Å². The Hall–Kier alpha value is -2.08. The summed E-state index contributed by atoms with van der Waals surface area (Å²) in [6.45, 7) is 1.33. The standard InChI is InChI=1S/C17H21NO5/c19-16(18-13-8-12(9-13)17(20)21)11-3-5-14(6-4-11)23-10-15-2-1-7-22-15/h3-6,12-13,15H,1-2,7-10H2,(H,18,19)(H,20,21). The van der Waals surface area contributed by atoms with Crippen LogP contribution in [0.1, 0.15) is 36.0 Å². The molecule has 1 saturated carbocycles. The Morgan fingerprint density at radius 3 is 2.61 bits per heavy atom. The smallest absolute Gasteiger partial charge is 0.306 e. The number of rotatable bonds is 6. The summed E-state index contributed by atoms with van der Waals surface area (Å²) in [6, 6.07) is 6.93. The Bertz CT molecular complexity index is 559. The lowest BCUT2D eigenvalue weighted by atomic mass is 9.80. The van der Waals surface area contributed by atoms with Gasteiger partial charge in [-0.25, -0.2) is 0 Å². The van der Waals surface area contributed by atoms with Crippen molar-refractivity contribution in [2.45, 2.75) is 37.8 Å². The Kier molecular flexibility index (Phi) is 4.81. The van der Waals surface area contributed by atoms with Crippen LogP contribution in [0, 0.1) is 5.92 Å². The average Bonchev–Trinajstić information content (AvgIpc) is 3.01. The molecule has 6 nitrogen and oxygen atoms in total. The number of ether oxygens (including phenoxy) is 2. The van der Waals surface area contributed by atoms with Gasteiger partial charge >= 0.3 is 5.97 Å². The number of nitrogens with one attached hydrogen (secondary N) is 1. The van der Waals surface area contributed by atoms with Gasteiger partial charge in [-0.3, -0.25) is 9.59 Å². The first-order valence-corrected chi connectivity index (χ1v) is 8.00. The van der Waals surface area contributed by atoms with Crippen LogP contribution in [0.15, 0.2) is 24.3 Å². The van der Waals surface area contributed by atoms with E-state index in [1.54, 1.807) is 24.3 Å². The van der Waals surface area contributed by atoms with Gasteiger partial charge in [-0.15, -0.1) is 0 Å². The molecule has 1 atom stereocenters. The molecule has 2 N–H and O–H groups in total. The van der Waals surface area contributed by atoms with Gasteiger partial charge in [0.05, 0.1) is 12.0 Å². The molecule has 3 rings (SSSR count). The summed E-state index contributed by atoms with van der Waals surface area (Å²) in [5, 5.41) is 11.7. The second kappa shape index (κ2) is 7.00. The Morgan fingerprint density at radius 1 is 1.26 bits per heavy atom. The van der Waals surface area contributed by atoms with Gasteiger partial charge in [0.2, 0.25) is 0 Å². The van der Waals surface area contributed by atoms with Crippen molar-refractivity contribution < 1.29 is 24.2 Å². The molecule has 0 radical (unpaired) electrons. The Balaban J connectivity index is 1.45. The van der Waals surface area contributed by atoms with E-state index in [4.69, 9.17) is 14.6 Å². The Labute approximate surface area is 134 Å². The lowest BCUT2D eigenvalue weighted by molar-refractivity contribution is -0.145. The maximum atomic E-state index is 12.1. The van der Waals surface area contributed by atoms with Crippen molar-refractivity contribution in [2.75, 3.05) is 13.2 Å². The summed E-state index contributed by atoms with van der Waals surface area (Å²) in [6.07, 6.45) is 3.28. The summed E-state index contributed by atoms with van der Waals surface area (Å²) in [4.78, 5) is 22.8. The van der Waals surface area contributed by atoms with Crippen LogP contribution in [0.2, 0.25) is 0 Å². The SMILES string of the molecule is O=C(NC1CC(C(=O)O)C1)c1ccc(OCC2CCCO2)cc1. The molecular formula is C17H21NO5. The lowest BCUT2D eigenvalue weighted by Gasteiger charge is -2.32. The summed E-state index contributed by atoms with van der Waals surface area (Å²) < 4.78 is 11.2. The highest BCUT2D eigenvalue weighted by Gasteiger charge is 2.35. The van der Waals surface area contributed by atoms with Crippen molar-refractivity contribution in [3.05, 3.63) is 29.8 Å². The molecule has 1 aromatic carbocycles. The highest BCUT2D eigenvalue weighted by Crippen LogP contribution is 2.27. The first-order valence-electron chi connectivity index (χ1n) is 8.00. The molecule has 1 saturated heterocycles. The molecule has 1 aliphatic carbocycles. The largest absolute Gasteiger partial charge is 0.491 e. The number of carboxylic acid groups (broad SMARTS) is 1. The van der Waals surface area contributed by atoms with E-state index in [2.05, 4.69) is 5.32 Å². The minimum atomic E-state index is -0.789. The summed E-state index contributed by atoms with van der Waals surface area (Å²) in [5.41, 5.74) is 0.549. The minimum Gasteiger partial charge on any atom is -0.491 e. The second-order valence-corrected chi connectivity index (χ2v) is 6.15. The van der Waals surface area contributed by atoms with Gasteiger partial charge < -0.3 is 19.9 Å². The number of amides is 1. The monoisotopic (exact) mass is 319 g/mol. The van der Waals surface area contributed by atoms with Crippen LogP contribution in [-0.4, -0.2) is 42.3 Å². The molecule has 2 aliphatic rings. The van der Waals surface area contributed by atoms with Gasteiger partial charge in [0.25, 0.3) is 5.91 Å². The second-order valence-electron chi connectivity index (χ2n) is 6.15. The number of hydrogen-bond donors (Lipinski definition) is 2. The zero-order chi connectivity index (χ0) is 16.2.